The highest BCUT2D eigenvalue weighted by atomic mass is 32.3. The van der Waals surface area contributed by atoms with E-state index in [1.165, 1.54) is 11.3 Å². The Bertz CT molecular complexity index is 822. The predicted octanol–water partition coefficient (Wildman–Crippen LogP) is 2.97. The highest BCUT2D eigenvalue weighted by Crippen LogP contribution is 2.44. The van der Waals surface area contributed by atoms with E-state index in [4.69, 9.17) is 5.11 Å². The first-order valence-electron chi connectivity index (χ1n) is 8.63. The second-order valence-electron chi connectivity index (χ2n) is 6.65. The van der Waals surface area contributed by atoms with E-state index in [0.29, 0.717) is 21.3 Å². The fourth-order valence-electron chi connectivity index (χ4n) is 2.72. The Kier molecular flexibility index (Phi) is 6.15. The molecule has 1 amide bonds. The van der Waals surface area contributed by atoms with Crippen LogP contribution in [-0.4, -0.2) is 56.9 Å². The summed E-state index contributed by atoms with van der Waals surface area (Å²) >= 11 is 1.23. The molecule has 1 aromatic carbocycles. The lowest BCUT2D eigenvalue weighted by Gasteiger charge is -2.24. The quantitative estimate of drug-likeness (QED) is 0.639. The first-order chi connectivity index (χ1) is 12.9. The third-order valence-electron chi connectivity index (χ3n) is 4.17. The lowest BCUT2D eigenvalue weighted by Crippen LogP contribution is -2.27. The third kappa shape index (κ3) is 5.07. The molecular formula is C18H24N4O3S2. The maximum atomic E-state index is 12.9. The van der Waals surface area contributed by atoms with Crippen LogP contribution >= 0.6 is 21.6 Å². The average molecular weight is 409 g/mol. The number of anilines is 1. The number of hydrogen-bond acceptors (Lipinski definition) is 7. The van der Waals surface area contributed by atoms with Crippen LogP contribution in [0.15, 0.2) is 40.5 Å². The summed E-state index contributed by atoms with van der Waals surface area (Å²) in [6.07, 6.45) is 7.26. The molecule has 0 unspecified atom stereocenters. The number of carbonyl (C=O) groups is 1. The molecule has 0 radical (unpaired) electrons. The number of aliphatic hydroxyl groups excluding tert-OH is 1. The number of rotatable bonds is 6. The molecule has 1 fully saturated rings. The van der Waals surface area contributed by atoms with Crippen LogP contribution in [0.4, 0.5) is 5.13 Å². The van der Waals surface area contributed by atoms with Crippen molar-refractivity contribution in [2.75, 3.05) is 30.9 Å². The van der Waals surface area contributed by atoms with Crippen molar-refractivity contribution < 1.29 is 14.5 Å². The van der Waals surface area contributed by atoms with E-state index >= 15 is 0 Å². The second-order valence-corrected chi connectivity index (χ2v) is 10.8. The number of amides is 1. The van der Waals surface area contributed by atoms with Crippen molar-refractivity contribution in [2.24, 2.45) is 5.10 Å². The number of nitrogens with zero attached hydrogens (tertiary/aromatic N) is 3. The number of thiazole rings is 1. The van der Waals surface area contributed by atoms with Crippen molar-refractivity contribution in [1.82, 2.24) is 9.99 Å². The summed E-state index contributed by atoms with van der Waals surface area (Å²) in [5.41, 5.74) is 1.00. The molecule has 27 heavy (non-hydrogen) atoms. The summed E-state index contributed by atoms with van der Waals surface area (Å²) in [6, 6.07) is 7.31. The van der Waals surface area contributed by atoms with Gasteiger partial charge in [-0.3, -0.25) is 15.1 Å². The summed E-state index contributed by atoms with van der Waals surface area (Å²) in [7, 11) is -1.82. The Hall–Kier alpha value is -1.94. The molecule has 0 atom stereocenters. The van der Waals surface area contributed by atoms with Crippen LogP contribution in [0, 0.1) is 0 Å². The van der Waals surface area contributed by atoms with E-state index in [9.17, 15) is 9.35 Å². The van der Waals surface area contributed by atoms with Crippen molar-refractivity contribution in [3.8, 4) is 0 Å². The first kappa shape index (κ1) is 19.8. The summed E-state index contributed by atoms with van der Waals surface area (Å²) in [4.78, 5) is 18.5. The SMILES string of the molecule is CS(C)(O)c1ccc(/C(=N\N2CCCC2)C(=O)Nc2ncc(CO)s2)cc1. The Labute approximate surface area is 164 Å². The standard InChI is InChI=1S/C18H24N4O3S2/c1-27(2,25)15-7-5-13(6-8-15)16(21-22-9-3-4-10-22)17(24)20-18-19-11-14(12-23)26-18/h5-8,11,23,25H,3-4,9-10,12H2,1-2H3,(H,19,20,24)/b21-16+. The smallest absolute Gasteiger partial charge is 0.278 e. The average Bonchev–Trinajstić information content (AvgIpc) is 3.30. The van der Waals surface area contributed by atoms with E-state index < -0.39 is 10.3 Å². The van der Waals surface area contributed by atoms with Gasteiger partial charge in [0.05, 0.1) is 11.5 Å². The largest absolute Gasteiger partial charge is 0.391 e. The van der Waals surface area contributed by atoms with Gasteiger partial charge in [-0.25, -0.2) is 4.98 Å². The zero-order chi connectivity index (χ0) is 19.4. The monoisotopic (exact) mass is 408 g/mol. The van der Waals surface area contributed by atoms with Gasteiger partial charge in [-0.15, -0.1) is 10.3 Å². The van der Waals surface area contributed by atoms with Crippen LogP contribution < -0.4 is 5.32 Å². The molecule has 9 heteroatoms. The molecule has 0 bridgehead atoms. The fraction of sp³-hybridized carbons (Fsp3) is 0.389. The van der Waals surface area contributed by atoms with Gasteiger partial charge in [-0.05, 0) is 37.5 Å². The van der Waals surface area contributed by atoms with Crippen molar-refractivity contribution in [3.63, 3.8) is 0 Å². The molecule has 0 spiro atoms. The number of carbonyl (C=O) groups excluding carboxylic acids is 1. The van der Waals surface area contributed by atoms with Crippen molar-refractivity contribution in [1.29, 1.82) is 0 Å². The lowest BCUT2D eigenvalue weighted by molar-refractivity contribution is -0.110. The minimum Gasteiger partial charge on any atom is -0.391 e. The number of hydrazone groups is 1. The Morgan fingerprint density at radius 1 is 1.30 bits per heavy atom. The molecule has 3 N–H and O–H groups in total. The van der Waals surface area contributed by atoms with E-state index in [1.807, 2.05) is 29.3 Å². The van der Waals surface area contributed by atoms with Crippen molar-refractivity contribution in [2.45, 2.75) is 24.3 Å². The van der Waals surface area contributed by atoms with Crippen LogP contribution in [0.1, 0.15) is 23.3 Å². The molecule has 3 rings (SSSR count). The summed E-state index contributed by atoms with van der Waals surface area (Å²) < 4.78 is 10.2. The molecule has 2 heterocycles. The highest BCUT2D eigenvalue weighted by molar-refractivity contribution is 8.28. The van der Waals surface area contributed by atoms with Gasteiger partial charge in [0, 0.05) is 29.7 Å². The van der Waals surface area contributed by atoms with E-state index in [0.717, 1.165) is 30.8 Å². The number of nitrogens with one attached hydrogen (secondary N) is 1. The summed E-state index contributed by atoms with van der Waals surface area (Å²) in [5.74, 6) is -0.343. The lowest BCUT2D eigenvalue weighted by atomic mass is 10.1. The van der Waals surface area contributed by atoms with Gasteiger partial charge in [0.1, 0.15) is 0 Å². The van der Waals surface area contributed by atoms with Gasteiger partial charge >= 0.3 is 0 Å². The Balaban J connectivity index is 1.87. The normalized spacial score (nSPS) is 15.9. The first-order valence-corrected chi connectivity index (χ1v) is 11.9. The number of benzene rings is 1. The van der Waals surface area contributed by atoms with Crippen molar-refractivity contribution >= 4 is 38.4 Å². The predicted molar refractivity (Wildman–Crippen MR) is 111 cm³/mol. The molecule has 1 saturated heterocycles. The van der Waals surface area contributed by atoms with Gasteiger partial charge in [0.15, 0.2) is 10.8 Å². The summed E-state index contributed by atoms with van der Waals surface area (Å²) in [5, 5.41) is 18.8. The van der Waals surface area contributed by atoms with Gasteiger partial charge < -0.3 is 9.66 Å². The van der Waals surface area contributed by atoms with Crippen LogP contribution in [0.3, 0.4) is 0 Å². The van der Waals surface area contributed by atoms with Crippen molar-refractivity contribution in [3.05, 3.63) is 40.9 Å². The van der Waals surface area contributed by atoms with E-state index in [-0.39, 0.29) is 12.5 Å². The fourth-order valence-corrected chi connectivity index (χ4v) is 4.19. The molecule has 1 aliphatic heterocycles. The molecule has 146 valence electrons. The molecule has 0 saturated carbocycles. The third-order valence-corrected chi connectivity index (χ3v) is 6.50. The minimum atomic E-state index is -1.82. The Morgan fingerprint density at radius 2 is 1.96 bits per heavy atom. The zero-order valence-corrected chi connectivity index (χ0v) is 17.0. The molecular weight excluding hydrogens is 384 g/mol. The van der Waals surface area contributed by atoms with Crippen LogP contribution in [0.2, 0.25) is 0 Å². The number of aromatic nitrogens is 1. The molecule has 2 aromatic rings. The second kappa shape index (κ2) is 8.39. The topological polar surface area (TPSA) is 98.1 Å². The number of aliphatic hydroxyl groups is 1. The molecule has 1 aliphatic rings. The summed E-state index contributed by atoms with van der Waals surface area (Å²) in [6.45, 7) is 1.55. The van der Waals surface area contributed by atoms with Gasteiger partial charge in [-0.2, -0.15) is 5.10 Å². The minimum absolute atomic E-state index is 0.108. The highest BCUT2D eigenvalue weighted by Gasteiger charge is 2.20. The molecule has 0 aliphatic carbocycles. The van der Waals surface area contributed by atoms with E-state index in [1.54, 1.807) is 18.7 Å². The van der Waals surface area contributed by atoms with Gasteiger partial charge in [0.2, 0.25) is 0 Å². The molecule has 1 aromatic heterocycles. The van der Waals surface area contributed by atoms with Crippen LogP contribution in [0.5, 0.6) is 0 Å². The molecule has 7 nitrogen and oxygen atoms in total. The van der Waals surface area contributed by atoms with E-state index in [2.05, 4.69) is 15.4 Å². The maximum absolute atomic E-state index is 12.9. The van der Waals surface area contributed by atoms with Crippen LogP contribution in [-0.2, 0) is 11.4 Å². The zero-order valence-electron chi connectivity index (χ0n) is 15.4. The van der Waals surface area contributed by atoms with Gasteiger partial charge in [0.25, 0.3) is 5.91 Å². The maximum Gasteiger partial charge on any atom is 0.278 e. The van der Waals surface area contributed by atoms with Gasteiger partial charge in [-0.1, -0.05) is 23.5 Å². The number of hydrogen-bond donors (Lipinski definition) is 3. The van der Waals surface area contributed by atoms with Crippen LogP contribution in [0.25, 0.3) is 0 Å². The Morgan fingerprint density at radius 3 is 2.52 bits per heavy atom.